The predicted molar refractivity (Wildman–Crippen MR) is 82.9 cm³/mol. The van der Waals surface area contributed by atoms with E-state index in [1.165, 1.54) is 17.6 Å². The first kappa shape index (κ1) is 13.8. The highest BCUT2D eigenvalue weighted by Crippen LogP contribution is 2.25. The maximum absolute atomic E-state index is 11.0. The van der Waals surface area contributed by atoms with Crippen LogP contribution in [0.25, 0.3) is 16.2 Å². The minimum atomic E-state index is -0.597. The minimum Gasteiger partial charge on any atom is -0.317 e. The largest absolute Gasteiger partial charge is 0.349 e. The number of thiazole rings is 1. The van der Waals surface area contributed by atoms with Crippen LogP contribution in [0.4, 0.5) is 0 Å². The molecule has 1 aromatic carbocycles. The number of oxime groups is 1. The lowest BCUT2D eigenvalue weighted by atomic mass is 10.1. The van der Waals surface area contributed by atoms with Crippen molar-refractivity contribution in [3.8, 4) is 11.3 Å². The van der Waals surface area contributed by atoms with Crippen LogP contribution in [0.5, 0.6) is 0 Å². The van der Waals surface area contributed by atoms with Crippen molar-refractivity contribution in [2.75, 3.05) is 5.88 Å². The second kappa shape index (κ2) is 6.07. The van der Waals surface area contributed by atoms with E-state index in [0.717, 1.165) is 21.9 Å². The SMILES string of the molecule is O=C(CCl)O/N=C/c1c(-c2ccccc2)nc2sccn12. The molecule has 0 fully saturated rings. The molecule has 3 rings (SSSR count). The van der Waals surface area contributed by atoms with Crippen molar-refractivity contribution >= 4 is 40.1 Å². The first-order valence-electron chi connectivity index (χ1n) is 6.09. The molecular formula is C14H10ClN3O2S. The summed E-state index contributed by atoms with van der Waals surface area (Å²) >= 11 is 6.88. The summed E-state index contributed by atoms with van der Waals surface area (Å²) < 4.78 is 1.89. The van der Waals surface area contributed by atoms with Crippen LogP contribution >= 0.6 is 22.9 Å². The number of rotatable bonds is 4. The summed E-state index contributed by atoms with van der Waals surface area (Å²) in [6.45, 7) is 0. The molecule has 0 saturated carbocycles. The van der Waals surface area contributed by atoms with Crippen LogP contribution in [0.3, 0.4) is 0 Å². The van der Waals surface area contributed by atoms with Crippen LogP contribution in [-0.2, 0) is 9.63 Å². The average Bonchev–Trinajstić information content (AvgIpc) is 3.10. The van der Waals surface area contributed by atoms with E-state index in [2.05, 4.69) is 15.0 Å². The molecule has 0 atom stereocenters. The normalized spacial score (nSPS) is 11.3. The van der Waals surface area contributed by atoms with Crippen LogP contribution in [0.2, 0.25) is 0 Å². The third kappa shape index (κ3) is 2.81. The number of carbonyl (C=O) groups is 1. The number of benzene rings is 1. The number of hydrogen-bond donors (Lipinski definition) is 0. The Morgan fingerprint density at radius 3 is 3.00 bits per heavy atom. The van der Waals surface area contributed by atoms with Gasteiger partial charge in [-0.05, 0) is 0 Å². The van der Waals surface area contributed by atoms with E-state index in [-0.39, 0.29) is 5.88 Å². The van der Waals surface area contributed by atoms with Gasteiger partial charge in [0.25, 0.3) is 0 Å². The highest BCUT2D eigenvalue weighted by Gasteiger charge is 2.13. The molecule has 0 bridgehead atoms. The Balaban J connectivity index is 2.02. The van der Waals surface area contributed by atoms with Crippen LogP contribution in [-0.4, -0.2) is 27.4 Å². The van der Waals surface area contributed by atoms with Crippen molar-refractivity contribution in [1.29, 1.82) is 0 Å². The van der Waals surface area contributed by atoms with Crippen LogP contribution in [0, 0.1) is 0 Å². The maximum Gasteiger partial charge on any atom is 0.349 e. The van der Waals surface area contributed by atoms with E-state index < -0.39 is 5.97 Å². The fourth-order valence-electron chi connectivity index (χ4n) is 1.89. The van der Waals surface area contributed by atoms with Crippen molar-refractivity contribution in [2.45, 2.75) is 0 Å². The zero-order valence-electron chi connectivity index (χ0n) is 10.8. The van der Waals surface area contributed by atoms with Crippen molar-refractivity contribution in [3.63, 3.8) is 0 Å². The van der Waals surface area contributed by atoms with E-state index >= 15 is 0 Å². The Bertz CT molecular complexity index is 795. The van der Waals surface area contributed by atoms with Crippen molar-refractivity contribution in [3.05, 3.63) is 47.6 Å². The molecule has 7 heteroatoms. The Hall–Kier alpha value is -2.18. The minimum absolute atomic E-state index is 0.233. The zero-order chi connectivity index (χ0) is 14.7. The number of fused-ring (bicyclic) bond motifs is 1. The molecule has 106 valence electrons. The summed E-state index contributed by atoms with van der Waals surface area (Å²) in [6.07, 6.45) is 3.36. The molecule has 0 unspecified atom stereocenters. The summed E-state index contributed by atoms with van der Waals surface area (Å²) in [6, 6.07) is 9.76. The lowest BCUT2D eigenvalue weighted by Crippen LogP contribution is -2.01. The number of aromatic nitrogens is 2. The fraction of sp³-hybridized carbons (Fsp3) is 0.0714. The summed E-state index contributed by atoms with van der Waals surface area (Å²) in [4.78, 5) is 21.1. The third-order valence-electron chi connectivity index (χ3n) is 2.78. The van der Waals surface area contributed by atoms with Gasteiger partial charge in [0.15, 0.2) is 4.96 Å². The van der Waals surface area contributed by atoms with Crippen molar-refractivity contribution < 1.29 is 9.63 Å². The number of nitrogens with zero attached hydrogens (tertiary/aromatic N) is 3. The van der Waals surface area contributed by atoms with E-state index in [9.17, 15) is 4.79 Å². The van der Waals surface area contributed by atoms with Gasteiger partial charge in [0.2, 0.25) is 0 Å². The summed E-state index contributed by atoms with van der Waals surface area (Å²) in [5, 5.41) is 5.62. The summed E-state index contributed by atoms with van der Waals surface area (Å²) in [5.41, 5.74) is 2.51. The van der Waals surface area contributed by atoms with Crippen LogP contribution in [0.1, 0.15) is 5.69 Å². The molecule has 21 heavy (non-hydrogen) atoms. The molecule has 0 amide bonds. The first-order chi connectivity index (χ1) is 10.3. The lowest BCUT2D eigenvalue weighted by Gasteiger charge is -1.99. The molecule has 3 aromatic rings. The van der Waals surface area contributed by atoms with Gasteiger partial charge in [-0.1, -0.05) is 35.5 Å². The van der Waals surface area contributed by atoms with E-state index in [1.54, 1.807) is 0 Å². The van der Waals surface area contributed by atoms with Gasteiger partial charge >= 0.3 is 5.97 Å². The molecule has 0 aliphatic carbocycles. The average molecular weight is 320 g/mol. The number of halogens is 1. The van der Waals surface area contributed by atoms with Crippen LogP contribution in [0.15, 0.2) is 47.1 Å². The standard InChI is InChI=1S/C14H10ClN3O2S/c15-8-12(19)20-16-9-11-13(10-4-2-1-3-5-10)17-14-18(11)6-7-21-14/h1-7,9H,8H2/b16-9+. The Labute approximate surface area is 129 Å². The molecular weight excluding hydrogens is 310 g/mol. The smallest absolute Gasteiger partial charge is 0.317 e. The molecule has 2 aromatic heterocycles. The highest BCUT2D eigenvalue weighted by atomic mass is 35.5. The molecule has 2 heterocycles. The Kier molecular flexibility index (Phi) is 3.98. The third-order valence-corrected chi connectivity index (χ3v) is 3.76. The quantitative estimate of drug-likeness (QED) is 0.321. The Morgan fingerprint density at radius 1 is 1.43 bits per heavy atom. The first-order valence-corrected chi connectivity index (χ1v) is 7.51. The second-order valence-electron chi connectivity index (χ2n) is 4.10. The maximum atomic E-state index is 11.0. The number of hydrogen-bond acceptors (Lipinski definition) is 5. The predicted octanol–water partition coefficient (Wildman–Crippen LogP) is 3.18. The zero-order valence-corrected chi connectivity index (χ0v) is 12.3. The Morgan fingerprint density at radius 2 is 2.24 bits per heavy atom. The van der Waals surface area contributed by atoms with Gasteiger partial charge in [-0.15, -0.1) is 22.9 Å². The summed E-state index contributed by atoms with van der Waals surface area (Å²) in [7, 11) is 0. The van der Waals surface area contributed by atoms with Crippen molar-refractivity contribution in [1.82, 2.24) is 9.38 Å². The van der Waals surface area contributed by atoms with Gasteiger partial charge in [0.05, 0.1) is 17.6 Å². The van der Waals surface area contributed by atoms with Gasteiger partial charge < -0.3 is 4.84 Å². The molecule has 0 radical (unpaired) electrons. The lowest BCUT2D eigenvalue weighted by molar-refractivity contribution is -0.140. The van der Waals surface area contributed by atoms with Gasteiger partial charge in [0, 0.05) is 17.1 Å². The fourth-order valence-corrected chi connectivity index (χ4v) is 2.66. The van der Waals surface area contributed by atoms with Gasteiger partial charge in [-0.2, -0.15) is 0 Å². The topological polar surface area (TPSA) is 56.0 Å². The van der Waals surface area contributed by atoms with E-state index in [0.29, 0.717) is 0 Å². The van der Waals surface area contributed by atoms with E-state index in [1.807, 2.05) is 46.3 Å². The molecule has 0 aliphatic rings. The van der Waals surface area contributed by atoms with E-state index in [4.69, 9.17) is 11.6 Å². The van der Waals surface area contributed by atoms with Gasteiger partial charge in [-0.3, -0.25) is 4.40 Å². The van der Waals surface area contributed by atoms with Gasteiger partial charge in [-0.25, -0.2) is 9.78 Å². The van der Waals surface area contributed by atoms with Crippen LogP contribution < -0.4 is 0 Å². The molecule has 0 saturated heterocycles. The molecule has 5 nitrogen and oxygen atoms in total. The number of imidazole rings is 1. The van der Waals surface area contributed by atoms with Crippen molar-refractivity contribution in [2.24, 2.45) is 5.16 Å². The summed E-state index contributed by atoms with van der Waals surface area (Å²) in [5.74, 6) is -0.830. The monoisotopic (exact) mass is 319 g/mol. The second-order valence-corrected chi connectivity index (χ2v) is 5.24. The molecule has 0 N–H and O–H groups in total. The highest BCUT2D eigenvalue weighted by molar-refractivity contribution is 7.15. The number of carbonyl (C=O) groups excluding carboxylic acids is 1. The number of alkyl halides is 1. The molecule has 0 aliphatic heterocycles. The molecule has 0 spiro atoms. The van der Waals surface area contributed by atoms with Gasteiger partial charge in [0.1, 0.15) is 5.88 Å².